The number of nitrogens with one attached hydrogen (secondary N) is 1. The van der Waals surface area contributed by atoms with Gasteiger partial charge in [0.2, 0.25) is 11.8 Å². The van der Waals surface area contributed by atoms with E-state index >= 15 is 0 Å². The highest BCUT2D eigenvalue weighted by Crippen LogP contribution is 2.38. The van der Waals surface area contributed by atoms with Gasteiger partial charge in [-0.05, 0) is 26.2 Å². The van der Waals surface area contributed by atoms with Crippen LogP contribution < -0.4 is 5.32 Å². The number of rotatable bonds is 4. The zero-order valence-electron chi connectivity index (χ0n) is 10.4. The molecule has 0 aromatic heterocycles. The Balaban J connectivity index is 1.80. The molecule has 3 atom stereocenters. The Labute approximate surface area is 105 Å². The number of amides is 2. The first-order valence-electron chi connectivity index (χ1n) is 6.32. The van der Waals surface area contributed by atoms with Gasteiger partial charge in [0, 0.05) is 13.1 Å². The van der Waals surface area contributed by atoms with Crippen LogP contribution in [0.4, 0.5) is 0 Å². The Morgan fingerprint density at radius 3 is 2.33 bits per heavy atom. The molecule has 1 saturated carbocycles. The quantitative estimate of drug-likeness (QED) is 0.729. The van der Waals surface area contributed by atoms with Crippen LogP contribution in [0.25, 0.3) is 0 Å². The lowest BCUT2D eigenvalue weighted by Crippen LogP contribution is -2.46. The van der Waals surface area contributed by atoms with E-state index in [-0.39, 0.29) is 11.8 Å². The van der Waals surface area contributed by atoms with Crippen LogP contribution in [0.5, 0.6) is 0 Å². The van der Waals surface area contributed by atoms with E-state index in [1.807, 2.05) is 0 Å². The molecule has 1 unspecified atom stereocenters. The van der Waals surface area contributed by atoms with E-state index in [1.165, 1.54) is 0 Å². The van der Waals surface area contributed by atoms with Gasteiger partial charge in [-0.3, -0.25) is 14.4 Å². The number of hydrogen-bond acceptors (Lipinski definition) is 3. The predicted octanol–water partition coefficient (Wildman–Crippen LogP) is -0.166. The Hall–Kier alpha value is -1.59. The zero-order valence-corrected chi connectivity index (χ0v) is 10.4. The summed E-state index contributed by atoms with van der Waals surface area (Å²) in [6.07, 6.45) is 2.40. The summed E-state index contributed by atoms with van der Waals surface area (Å²) in [5.41, 5.74) is 0. The number of carboxylic acid groups (broad SMARTS) is 1. The molecule has 1 heterocycles. The van der Waals surface area contributed by atoms with Gasteiger partial charge in [0.1, 0.15) is 6.04 Å². The molecule has 2 fully saturated rings. The van der Waals surface area contributed by atoms with Gasteiger partial charge in [-0.15, -0.1) is 0 Å². The van der Waals surface area contributed by atoms with Crippen LogP contribution in [0.2, 0.25) is 0 Å². The summed E-state index contributed by atoms with van der Waals surface area (Å²) >= 11 is 0. The van der Waals surface area contributed by atoms with Gasteiger partial charge in [0.05, 0.1) is 11.8 Å². The highest BCUT2D eigenvalue weighted by molar-refractivity contribution is 5.93. The first-order chi connectivity index (χ1) is 8.50. The maximum atomic E-state index is 11.9. The average molecular weight is 254 g/mol. The van der Waals surface area contributed by atoms with Gasteiger partial charge in [-0.25, -0.2) is 0 Å². The molecular weight excluding hydrogens is 236 g/mol. The van der Waals surface area contributed by atoms with Crippen molar-refractivity contribution in [1.29, 1.82) is 0 Å². The molecule has 0 bridgehead atoms. The second-order valence-corrected chi connectivity index (χ2v) is 5.05. The van der Waals surface area contributed by atoms with E-state index in [0.717, 1.165) is 25.9 Å². The van der Waals surface area contributed by atoms with Gasteiger partial charge < -0.3 is 15.3 Å². The number of hydrogen-bond donors (Lipinski definition) is 2. The first-order valence-corrected chi connectivity index (χ1v) is 6.32. The van der Waals surface area contributed by atoms with Crippen molar-refractivity contribution < 1.29 is 19.5 Å². The van der Waals surface area contributed by atoms with Crippen molar-refractivity contribution in [1.82, 2.24) is 10.2 Å². The van der Waals surface area contributed by atoms with Crippen LogP contribution in [0.15, 0.2) is 0 Å². The van der Waals surface area contributed by atoms with E-state index in [1.54, 1.807) is 11.8 Å². The molecule has 1 aliphatic carbocycles. The van der Waals surface area contributed by atoms with Crippen LogP contribution in [-0.2, 0) is 14.4 Å². The van der Waals surface area contributed by atoms with Crippen LogP contribution in [0.3, 0.4) is 0 Å². The number of aliphatic carboxylic acids is 1. The van der Waals surface area contributed by atoms with Crippen molar-refractivity contribution in [3.63, 3.8) is 0 Å². The van der Waals surface area contributed by atoms with Gasteiger partial charge in [0.15, 0.2) is 0 Å². The molecule has 6 heteroatoms. The van der Waals surface area contributed by atoms with E-state index in [0.29, 0.717) is 6.42 Å². The highest BCUT2D eigenvalue weighted by Gasteiger charge is 2.48. The molecule has 1 saturated heterocycles. The Morgan fingerprint density at radius 2 is 1.83 bits per heavy atom. The van der Waals surface area contributed by atoms with Crippen molar-refractivity contribution >= 4 is 17.8 Å². The molecular formula is C12H18N2O4. The molecule has 6 nitrogen and oxygen atoms in total. The Morgan fingerprint density at radius 1 is 1.22 bits per heavy atom. The van der Waals surface area contributed by atoms with Gasteiger partial charge in [-0.1, -0.05) is 0 Å². The summed E-state index contributed by atoms with van der Waals surface area (Å²) in [7, 11) is 0. The fraction of sp³-hybridized carbons (Fsp3) is 0.750. The fourth-order valence-corrected chi connectivity index (χ4v) is 2.35. The minimum Gasteiger partial charge on any atom is -0.481 e. The van der Waals surface area contributed by atoms with Gasteiger partial charge in [-0.2, -0.15) is 0 Å². The summed E-state index contributed by atoms with van der Waals surface area (Å²) in [5.74, 6) is -2.36. The van der Waals surface area contributed by atoms with Crippen LogP contribution >= 0.6 is 0 Å². The third kappa shape index (κ3) is 2.63. The molecule has 18 heavy (non-hydrogen) atoms. The summed E-state index contributed by atoms with van der Waals surface area (Å²) < 4.78 is 0. The SMILES string of the molecule is CC(NC(=O)[C@@H]1C[C@@H]1C(=O)O)C(=O)N1CCCC1. The Bertz CT molecular complexity index is 376. The summed E-state index contributed by atoms with van der Waals surface area (Å²) in [6, 6.07) is -0.564. The molecule has 0 aromatic carbocycles. The highest BCUT2D eigenvalue weighted by atomic mass is 16.4. The van der Waals surface area contributed by atoms with E-state index in [2.05, 4.69) is 5.32 Å². The molecule has 2 N–H and O–H groups in total. The molecule has 0 aromatic rings. The average Bonchev–Trinajstić information content (AvgIpc) is 2.96. The lowest BCUT2D eigenvalue weighted by Gasteiger charge is -2.21. The maximum Gasteiger partial charge on any atom is 0.307 e. The number of carboxylic acids is 1. The van der Waals surface area contributed by atoms with Crippen molar-refractivity contribution in [3.05, 3.63) is 0 Å². The monoisotopic (exact) mass is 254 g/mol. The smallest absolute Gasteiger partial charge is 0.307 e. The van der Waals surface area contributed by atoms with Gasteiger partial charge in [0.25, 0.3) is 0 Å². The van der Waals surface area contributed by atoms with Crippen molar-refractivity contribution in [2.24, 2.45) is 11.8 Å². The standard InChI is InChI=1S/C12H18N2O4/c1-7(11(16)14-4-2-3-5-14)13-10(15)8-6-9(8)12(17)18/h7-9H,2-6H2,1H3,(H,13,15)(H,17,18)/t7?,8-,9+/m1/s1. The lowest BCUT2D eigenvalue weighted by atomic mass is 10.2. The second kappa shape index (κ2) is 4.96. The molecule has 2 aliphatic rings. The van der Waals surface area contributed by atoms with E-state index in [4.69, 9.17) is 5.11 Å². The minimum absolute atomic E-state index is 0.0756. The maximum absolute atomic E-state index is 11.9. The Kier molecular flexibility index (Phi) is 3.54. The van der Waals surface area contributed by atoms with E-state index < -0.39 is 23.8 Å². The normalized spacial score (nSPS) is 27.7. The van der Waals surface area contributed by atoms with Crippen LogP contribution in [0, 0.1) is 11.8 Å². The number of carbonyl (C=O) groups is 3. The summed E-state index contributed by atoms with van der Waals surface area (Å²) in [6.45, 7) is 3.15. The molecule has 2 rings (SSSR count). The van der Waals surface area contributed by atoms with E-state index in [9.17, 15) is 14.4 Å². The molecule has 0 radical (unpaired) electrons. The number of carbonyl (C=O) groups excluding carboxylic acids is 2. The summed E-state index contributed by atoms with van der Waals surface area (Å²) in [5, 5.41) is 11.3. The van der Waals surface area contributed by atoms with Crippen molar-refractivity contribution in [2.45, 2.75) is 32.2 Å². The van der Waals surface area contributed by atoms with Crippen LogP contribution in [-0.4, -0.2) is 46.9 Å². The fourth-order valence-electron chi connectivity index (χ4n) is 2.35. The third-order valence-corrected chi connectivity index (χ3v) is 3.59. The predicted molar refractivity (Wildman–Crippen MR) is 62.7 cm³/mol. The minimum atomic E-state index is -0.936. The number of likely N-dealkylation sites (tertiary alicyclic amines) is 1. The topological polar surface area (TPSA) is 86.7 Å². The number of nitrogens with zero attached hydrogens (tertiary/aromatic N) is 1. The van der Waals surface area contributed by atoms with Crippen molar-refractivity contribution in [3.8, 4) is 0 Å². The third-order valence-electron chi connectivity index (χ3n) is 3.59. The van der Waals surface area contributed by atoms with Crippen LogP contribution in [0.1, 0.15) is 26.2 Å². The van der Waals surface area contributed by atoms with Crippen molar-refractivity contribution in [2.75, 3.05) is 13.1 Å². The molecule has 100 valence electrons. The first kappa shape index (κ1) is 12.9. The second-order valence-electron chi connectivity index (χ2n) is 5.05. The largest absolute Gasteiger partial charge is 0.481 e. The molecule has 1 aliphatic heterocycles. The summed E-state index contributed by atoms with van der Waals surface area (Å²) in [4.78, 5) is 36.0. The van der Waals surface area contributed by atoms with Gasteiger partial charge >= 0.3 is 5.97 Å². The zero-order chi connectivity index (χ0) is 13.3. The lowest BCUT2D eigenvalue weighted by molar-refractivity contribution is -0.140. The molecule has 0 spiro atoms. The molecule has 2 amide bonds.